The lowest BCUT2D eigenvalue weighted by Crippen LogP contribution is -2.43. The van der Waals surface area contributed by atoms with Gasteiger partial charge in [0.1, 0.15) is 6.10 Å². The molecule has 2 heterocycles. The number of aromatic nitrogens is 2. The van der Waals surface area contributed by atoms with Gasteiger partial charge in [0.15, 0.2) is 0 Å². The van der Waals surface area contributed by atoms with Crippen molar-refractivity contribution in [1.29, 1.82) is 0 Å². The molecule has 2 N–H and O–H groups in total. The molecular weight excluding hydrogens is 316 g/mol. The average Bonchev–Trinajstić information content (AvgIpc) is 3.15. The van der Waals surface area contributed by atoms with Gasteiger partial charge >= 0.3 is 6.03 Å². The molecule has 0 saturated carbocycles. The largest absolute Gasteiger partial charge is 0.371 e. The van der Waals surface area contributed by atoms with Crippen molar-refractivity contribution in [3.05, 3.63) is 52.8 Å². The maximum Gasteiger partial charge on any atom is 0.315 e. The van der Waals surface area contributed by atoms with Gasteiger partial charge in [0.25, 0.3) is 0 Å². The van der Waals surface area contributed by atoms with Gasteiger partial charge in [-0.3, -0.25) is 4.68 Å². The van der Waals surface area contributed by atoms with E-state index in [0.717, 1.165) is 17.7 Å². The summed E-state index contributed by atoms with van der Waals surface area (Å²) >= 11 is 5.91. The monoisotopic (exact) mass is 334 g/mol. The highest BCUT2D eigenvalue weighted by Crippen LogP contribution is 2.29. The average molecular weight is 335 g/mol. The zero-order chi connectivity index (χ0) is 16.2. The fourth-order valence-electron chi connectivity index (χ4n) is 2.68. The molecule has 0 spiro atoms. The minimum Gasteiger partial charge on any atom is -0.371 e. The molecule has 1 saturated heterocycles. The molecule has 2 aromatic rings. The molecule has 1 aromatic heterocycles. The number of nitrogens with one attached hydrogen (secondary N) is 2. The Morgan fingerprint density at radius 1 is 1.39 bits per heavy atom. The first-order valence-corrected chi connectivity index (χ1v) is 7.89. The summed E-state index contributed by atoms with van der Waals surface area (Å²) in [5, 5.41) is 10.6. The van der Waals surface area contributed by atoms with E-state index in [0.29, 0.717) is 18.2 Å². The second-order valence-corrected chi connectivity index (χ2v) is 5.95. The lowest BCUT2D eigenvalue weighted by atomic mass is 10.0. The van der Waals surface area contributed by atoms with Crippen molar-refractivity contribution in [3.63, 3.8) is 0 Å². The van der Waals surface area contributed by atoms with Crippen LogP contribution in [0.1, 0.15) is 23.8 Å². The minimum atomic E-state index is -0.208. The highest BCUT2D eigenvalue weighted by molar-refractivity contribution is 6.30. The number of rotatable bonds is 4. The zero-order valence-electron chi connectivity index (χ0n) is 12.8. The number of benzene rings is 1. The molecule has 2 unspecified atom stereocenters. The molecule has 0 bridgehead atoms. The summed E-state index contributed by atoms with van der Waals surface area (Å²) in [6.07, 6.45) is 2.35. The number of nitrogens with zero attached hydrogens (tertiary/aromatic N) is 2. The van der Waals surface area contributed by atoms with Crippen molar-refractivity contribution in [2.24, 2.45) is 7.05 Å². The molecule has 6 nitrogen and oxygen atoms in total. The molecule has 1 fully saturated rings. The van der Waals surface area contributed by atoms with Gasteiger partial charge in [0.2, 0.25) is 0 Å². The molecule has 0 radical (unpaired) electrons. The molecule has 2 atom stereocenters. The van der Waals surface area contributed by atoms with E-state index >= 15 is 0 Å². The maximum atomic E-state index is 12.1. The Morgan fingerprint density at radius 3 is 2.87 bits per heavy atom. The third-order valence-corrected chi connectivity index (χ3v) is 4.21. The summed E-state index contributed by atoms with van der Waals surface area (Å²) in [5.41, 5.74) is 1.96. The third kappa shape index (κ3) is 3.83. The number of aryl methyl sites for hydroxylation is 1. The third-order valence-electron chi connectivity index (χ3n) is 3.96. The molecule has 7 heteroatoms. The van der Waals surface area contributed by atoms with Gasteiger partial charge < -0.3 is 15.4 Å². The van der Waals surface area contributed by atoms with E-state index in [1.54, 1.807) is 10.9 Å². The van der Waals surface area contributed by atoms with Crippen LogP contribution in [-0.2, 0) is 18.3 Å². The first kappa shape index (κ1) is 15.8. The van der Waals surface area contributed by atoms with Crippen LogP contribution in [0, 0.1) is 0 Å². The fourth-order valence-corrected chi connectivity index (χ4v) is 2.81. The fraction of sp³-hybridized carbons (Fsp3) is 0.375. The molecule has 1 aromatic carbocycles. The number of amides is 2. The highest BCUT2D eigenvalue weighted by atomic mass is 35.5. The van der Waals surface area contributed by atoms with Gasteiger partial charge in [-0.25, -0.2) is 4.79 Å². The van der Waals surface area contributed by atoms with Crippen molar-refractivity contribution in [1.82, 2.24) is 20.4 Å². The van der Waals surface area contributed by atoms with Crippen LogP contribution in [0.5, 0.6) is 0 Å². The number of hydrogen-bond acceptors (Lipinski definition) is 3. The lowest BCUT2D eigenvalue weighted by Gasteiger charge is -2.20. The maximum absolute atomic E-state index is 12.1. The summed E-state index contributed by atoms with van der Waals surface area (Å²) in [4.78, 5) is 12.1. The molecule has 23 heavy (non-hydrogen) atoms. The van der Waals surface area contributed by atoms with E-state index in [1.165, 1.54) is 0 Å². The number of urea groups is 1. The molecule has 1 aliphatic heterocycles. The predicted octanol–water partition coefficient (Wildman–Crippen LogP) is 2.40. The molecule has 0 aliphatic carbocycles. The first-order chi connectivity index (χ1) is 11.1. The number of hydrogen-bond donors (Lipinski definition) is 2. The van der Waals surface area contributed by atoms with E-state index in [4.69, 9.17) is 16.3 Å². The summed E-state index contributed by atoms with van der Waals surface area (Å²) in [6.45, 7) is 1.06. The summed E-state index contributed by atoms with van der Waals surface area (Å²) in [5.74, 6) is 0. The number of halogens is 1. The van der Waals surface area contributed by atoms with E-state index < -0.39 is 0 Å². The van der Waals surface area contributed by atoms with Crippen LogP contribution < -0.4 is 10.6 Å². The van der Waals surface area contributed by atoms with Crippen molar-refractivity contribution < 1.29 is 9.53 Å². The van der Waals surface area contributed by atoms with Crippen molar-refractivity contribution >= 4 is 17.6 Å². The Hall–Kier alpha value is -2.05. The first-order valence-electron chi connectivity index (χ1n) is 7.52. The Labute approximate surface area is 139 Å². The number of carbonyl (C=O) groups is 1. The van der Waals surface area contributed by atoms with Gasteiger partial charge in [0, 0.05) is 24.9 Å². The smallest absolute Gasteiger partial charge is 0.315 e. The van der Waals surface area contributed by atoms with E-state index in [1.807, 2.05) is 37.4 Å². The molecule has 1 aliphatic rings. The van der Waals surface area contributed by atoms with Crippen LogP contribution in [0.4, 0.5) is 4.79 Å². The highest BCUT2D eigenvalue weighted by Gasteiger charge is 2.30. The summed E-state index contributed by atoms with van der Waals surface area (Å²) in [7, 11) is 1.84. The second kappa shape index (κ2) is 7.02. The van der Waals surface area contributed by atoms with Crippen molar-refractivity contribution in [3.8, 4) is 0 Å². The van der Waals surface area contributed by atoms with Crippen LogP contribution in [0.3, 0.4) is 0 Å². The molecule has 2 amide bonds. The van der Waals surface area contributed by atoms with Crippen LogP contribution in [0.15, 0.2) is 36.5 Å². The second-order valence-electron chi connectivity index (χ2n) is 5.51. The summed E-state index contributed by atoms with van der Waals surface area (Å²) < 4.78 is 7.49. The van der Waals surface area contributed by atoms with Crippen LogP contribution in [-0.4, -0.2) is 28.5 Å². The van der Waals surface area contributed by atoms with E-state index in [2.05, 4.69) is 15.7 Å². The molecule has 3 rings (SSSR count). The Morgan fingerprint density at radius 2 is 2.17 bits per heavy atom. The Balaban J connectivity index is 1.56. The van der Waals surface area contributed by atoms with E-state index in [9.17, 15) is 4.79 Å². The standard InChI is InChI=1S/C16H19ClN4O2/c1-21-13(6-8-19-21)10-18-16(22)20-14-7-9-23-15(14)11-2-4-12(17)5-3-11/h2-6,8,14-15H,7,9-10H2,1H3,(H2,18,20,22). The Bertz CT molecular complexity index is 671. The van der Waals surface area contributed by atoms with Gasteiger partial charge in [-0.05, 0) is 30.2 Å². The quantitative estimate of drug-likeness (QED) is 0.902. The van der Waals surface area contributed by atoms with Gasteiger partial charge in [-0.1, -0.05) is 23.7 Å². The number of carbonyl (C=O) groups excluding carboxylic acids is 1. The molecular formula is C16H19ClN4O2. The number of ether oxygens (including phenoxy) is 1. The summed E-state index contributed by atoms with van der Waals surface area (Å²) in [6, 6.07) is 9.13. The van der Waals surface area contributed by atoms with Crippen molar-refractivity contribution in [2.75, 3.05) is 6.61 Å². The topological polar surface area (TPSA) is 68.2 Å². The van der Waals surface area contributed by atoms with Crippen LogP contribution in [0.25, 0.3) is 0 Å². The lowest BCUT2D eigenvalue weighted by molar-refractivity contribution is 0.0999. The normalized spacial score (nSPS) is 20.4. The van der Waals surface area contributed by atoms with Gasteiger partial charge in [0.05, 0.1) is 18.3 Å². The van der Waals surface area contributed by atoms with Crippen LogP contribution in [0.2, 0.25) is 5.02 Å². The van der Waals surface area contributed by atoms with Gasteiger partial charge in [-0.15, -0.1) is 0 Å². The van der Waals surface area contributed by atoms with Crippen molar-refractivity contribution in [2.45, 2.75) is 25.1 Å². The predicted molar refractivity (Wildman–Crippen MR) is 87.1 cm³/mol. The van der Waals surface area contributed by atoms with E-state index in [-0.39, 0.29) is 18.2 Å². The Kier molecular flexibility index (Phi) is 4.83. The molecule has 122 valence electrons. The SMILES string of the molecule is Cn1nccc1CNC(=O)NC1CCOC1c1ccc(Cl)cc1. The van der Waals surface area contributed by atoms with Crippen LogP contribution >= 0.6 is 11.6 Å². The zero-order valence-corrected chi connectivity index (χ0v) is 13.6. The van der Waals surface area contributed by atoms with Gasteiger partial charge in [-0.2, -0.15) is 5.10 Å². The minimum absolute atomic E-state index is 0.0530.